The number of hydrogen-bond acceptors (Lipinski definition) is 4. The van der Waals surface area contributed by atoms with Crippen molar-refractivity contribution in [1.82, 2.24) is 4.90 Å². The third-order valence-electron chi connectivity index (χ3n) is 4.94. The van der Waals surface area contributed by atoms with Crippen LogP contribution in [0.25, 0.3) is 0 Å². The minimum absolute atomic E-state index is 0.0132. The zero-order valence-corrected chi connectivity index (χ0v) is 14.1. The van der Waals surface area contributed by atoms with Gasteiger partial charge < -0.3 is 14.2 Å². The largest absolute Gasteiger partial charge is 0.493 e. The maximum absolute atomic E-state index is 12.4. The number of halogens is 2. The SMILES string of the molecule is COc1cc(CN2CCOC3(CCCCC3)C2)ccc1OC(F)F. The maximum Gasteiger partial charge on any atom is 0.387 e. The van der Waals surface area contributed by atoms with Crippen molar-refractivity contribution < 1.29 is 23.0 Å². The van der Waals surface area contributed by atoms with E-state index < -0.39 is 6.61 Å². The Hall–Kier alpha value is -1.40. The molecule has 0 aromatic heterocycles. The molecule has 0 amide bonds. The van der Waals surface area contributed by atoms with Crippen molar-refractivity contribution >= 4 is 0 Å². The molecule has 0 bridgehead atoms. The van der Waals surface area contributed by atoms with Crippen LogP contribution in [0.4, 0.5) is 8.78 Å². The molecule has 0 N–H and O–H groups in total. The van der Waals surface area contributed by atoms with Gasteiger partial charge in [-0.1, -0.05) is 25.3 Å². The highest BCUT2D eigenvalue weighted by Gasteiger charge is 2.37. The molecule has 2 fully saturated rings. The number of methoxy groups -OCH3 is 1. The quantitative estimate of drug-likeness (QED) is 0.814. The van der Waals surface area contributed by atoms with Gasteiger partial charge in [-0.05, 0) is 30.5 Å². The van der Waals surface area contributed by atoms with Gasteiger partial charge >= 0.3 is 6.61 Å². The second-order valence-electron chi connectivity index (χ2n) is 6.67. The van der Waals surface area contributed by atoms with Crippen LogP contribution in [0.3, 0.4) is 0 Å². The van der Waals surface area contributed by atoms with Crippen LogP contribution in [0.2, 0.25) is 0 Å². The Morgan fingerprint density at radius 2 is 2.00 bits per heavy atom. The second kappa shape index (κ2) is 7.66. The zero-order chi connectivity index (χ0) is 17.0. The number of ether oxygens (including phenoxy) is 3. The standard InChI is InChI=1S/C18H25F2NO3/c1-22-16-11-14(5-6-15(16)24-17(19)20)12-21-9-10-23-18(13-21)7-3-2-4-8-18/h5-6,11,17H,2-4,7-10,12-13H2,1H3. The molecule has 134 valence electrons. The van der Waals surface area contributed by atoms with E-state index in [9.17, 15) is 8.78 Å². The fraction of sp³-hybridized carbons (Fsp3) is 0.667. The van der Waals surface area contributed by atoms with Crippen LogP contribution in [-0.2, 0) is 11.3 Å². The predicted molar refractivity (Wildman–Crippen MR) is 86.7 cm³/mol. The summed E-state index contributed by atoms with van der Waals surface area (Å²) in [6.07, 6.45) is 6.04. The van der Waals surface area contributed by atoms with Crippen molar-refractivity contribution in [3.63, 3.8) is 0 Å². The van der Waals surface area contributed by atoms with Crippen LogP contribution in [0, 0.1) is 0 Å². The van der Waals surface area contributed by atoms with Crippen molar-refractivity contribution in [2.24, 2.45) is 0 Å². The van der Waals surface area contributed by atoms with Gasteiger partial charge in [0.2, 0.25) is 0 Å². The molecule has 1 aromatic carbocycles. The highest BCUT2D eigenvalue weighted by molar-refractivity contribution is 5.43. The molecule has 3 rings (SSSR count). The topological polar surface area (TPSA) is 30.9 Å². The Morgan fingerprint density at radius 1 is 1.21 bits per heavy atom. The van der Waals surface area contributed by atoms with E-state index >= 15 is 0 Å². The Morgan fingerprint density at radius 3 is 2.71 bits per heavy atom. The van der Waals surface area contributed by atoms with Crippen molar-refractivity contribution in [2.75, 3.05) is 26.8 Å². The first-order chi connectivity index (χ1) is 11.6. The number of alkyl halides is 2. The molecule has 24 heavy (non-hydrogen) atoms. The molecule has 0 radical (unpaired) electrons. The van der Waals surface area contributed by atoms with Gasteiger partial charge in [0, 0.05) is 19.6 Å². The summed E-state index contributed by atoms with van der Waals surface area (Å²) >= 11 is 0. The highest BCUT2D eigenvalue weighted by atomic mass is 19.3. The Labute approximate surface area is 141 Å². The van der Waals surface area contributed by atoms with Gasteiger partial charge in [0.15, 0.2) is 11.5 Å². The summed E-state index contributed by atoms with van der Waals surface area (Å²) < 4.78 is 40.6. The summed E-state index contributed by atoms with van der Waals surface area (Å²) in [6.45, 7) is 0.486. The van der Waals surface area contributed by atoms with Crippen molar-refractivity contribution in [3.8, 4) is 11.5 Å². The summed E-state index contributed by atoms with van der Waals surface area (Å²) in [4.78, 5) is 2.39. The number of benzene rings is 1. The van der Waals surface area contributed by atoms with Crippen molar-refractivity contribution in [2.45, 2.75) is 50.9 Å². The average molecular weight is 341 g/mol. The summed E-state index contributed by atoms with van der Waals surface area (Å²) in [7, 11) is 1.46. The molecule has 1 saturated heterocycles. The van der Waals surface area contributed by atoms with Crippen LogP contribution in [0.15, 0.2) is 18.2 Å². The van der Waals surface area contributed by atoms with Gasteiger partial charge in [-0.25, -0.2) is 0 Å². The Kier molecular flexibility index (Phi) is 5.56. The molecule has 1 saturated carbocycles. The predicted octanol–water partition coefficient (Wildman–Crippen LogP) is 3.83. The average Bonchev–Trinajstić information content (AvgIpc) is 2.56. The van der Waals surface area contributed by atoms with E-state index in [2.05, 4.69) is 9.64 Å². The lowest BCUT2D eigenvalue weighted by atomic mass is 9.83. The van der Waals surface area contributed by atoms with E-state index in [1.165, 1.54) is 26.4 Å². The molecular formula is C18H25F2NO3. The molecule has 1 aliphatic carbocycles. The van der Waals surface area contributed by atoms with Gasteiger partial charge in [-0.3, -0.25) is 4.90 Å². The van der Waals surface area contributed by atoms with E-state index in [1.807, 2.05) is 6.07 Å². The lowest BCUT2D eigenvalue weighted by Crippen LogP contribution is -2.52. The normalized spacial score (nSPS) is 21.2. The first kappa shape index (κ1) is 17.4. The van der Waals surface area contributed by atoms with Gasteiger partial charge in [0.1, 0.15) is 0 Å². The van der Waals surface area contributed by atoms with Crippen LogP contribution in [-0.4, -0.2) is 43.9 Å². The highest BCUT2D eigenvalue weighted by Crippen LogP contribution is 2.35. The van der Waals surface area contributed by atoms with E-state index in [4.69, 9.17) is 9.47 Å². The van der Waals surface area contributed by atoms with E-state index in [0.29, 0.717) is 5.75 Å². The molecule has 1 aliphatic heterocycles. The maximum atomic E-state index is 12.4. The summed E-state index contributed by atoms with van der Waals surface area (Å²) in [5.41, 5.74) is 1.04. The van der Waals surface area contributed by atoms with Crippen LogP contribution in [0.1, 0.15) is 37.7 Å². The van der Waals surface area contributed by atoms with Gasteiger partial charge in [-0.15, -0.1) is 0 Å². The van der Waals surface area contributed by atoms with Crippen molar-refractivity contribution in [3.05, 3.63) is 23.8 Å². The lowest BCUT2D eigenvalue weighted by Gasteiger charge is -2.45. The molecule has 1 heterocycles. The third-order valence-corrected chi connectivity index (χ3v) is 4.94. The molecule has 1 aromatic rings. The second-order valence-corrected chi connectivity index (χ2v) is 6.67. The van der Waals surface area contributed by atoms with Gasteiger partial charge in [-0.2, -0.15) is 8.78 Å². The van der Waals surface area contributed by atoms with Crippen LogP contribution in [0.5, 0.6) is 11.5 Å². The molecule has 2 aliphatic rings. The molecule has 0 atom stereocenters. The summed E-state index contributed by atoms with van der Waals surface area (Å²) in [5, 5.41) is 0. The van der Waals surface area contributed by atoms with Crippen LogP contribution >= 0.6 is 0 Å². The first-order valence-electron chi connectivity index (χ1n) is 8.58. The summed E-state index contributed by atoms with van der Waals surface area (Å²) in [6, 6.07) is 5.15. The fourth-order valence-corrected chi connectivity index (χ4v) is 3.82. The number of hydrogen-bond donors (Lipinski definition) is 0. The third kappa shape index (κ3) is 4.16. The minimum atomic E-state index is -2.85. The number of rotatable bonds is 5. The Bertz CT molecular complexity index is 542. The van der Waals surface area contributed by atoms with E-state index in [0.717, 1.165) is 44.6 Å². The van der Waals surface area contributed by atoms with Gasteiger partial charge in [0.25, 0.3) is 0 Å². The molecule has 6 heteroatoms. The molecule has 4 nitrogen and oxygen atoms in total. The lowest BCUT2D eigenvalue weighted by molar-refractivity contribution is -0.128. The number of nitrogens with zero attached hydrogens (tertiary/aromatic N) is 1. The minimum Gasteiger partial charge on any atom is -0.493 e. The smallest absolute Gasteiger partial charge is 0.387 e. The fourth-order valence-electron chi connectivity index (χ4n) is 3.82. The zero-order valence-electron chi connectivity index (χ0n) is 14.1. The molecule has 1 spiro atoms. The van der Waals surface area contributed by atoms with Crippen molar-refractivity contribution in [1.29, 1.82) is 0 Å². The molecule has 0 unspecified atom stereocenters. The molecular weight excluding hydrogens is 316 g/mol. The van der Waals surface area contributed by atoms with E-state index in [1.54, 1.807) is 12.1 Å². The number of morpholine rings is 1. The first-order valence-corrected chi connectivity index (χ1v) is 8.58. The monoisotopic (exact) mass is 341 g/mol. The summed E-state index contributed by atoms with van der Waals surface area (Å²) in [5.74, 6) is 0.412. The van der Waals surface area contributed by atoms with Crippen LogP contribution < -0.4 is 9.47 Å². The van der Waals surface area contributed by atoms with E-state index in [-0.39, 0.29) is 11.4 Å². The Balaban J connectivity index is 1.66. The van der Waals surface area contributed by atoms with Gasteiger partial charge in [0.05, 0.1) is 19.3 Å².